The first-order valence-corrected chi connectivity index (χ1v) is 7.17. The summed E-state index contributed by atoms with van der Waals surface area (Å²) in [4.78, 5) is 12.5. The highest BCUT2D eigenvalue weighted by molar-refractivity contribution is 7.98. The van der Waals surface area contributed by atoms with Crippen molar-refractivity contribution in [3.8, 4) is 11.6 Å². The Morgan fingerprint density at radius 3 is 2.90 bits per heavy atom. The van der Waals surface area contributed by atoms with Crippen LogP contribution < -0.4 is 10.5 Å². The van der Waals surface area contributed by atoms with E-state index in [2.05, 4.69) is 15.0 Å². The van der Waals surface area contributed by atoms with E-state index < -0.39 is 0 Å². The van der Waals surface area contributed by atoms with Gasteiger partial charge in [-0.25, -0.2) is 9.97 Å². The summed E-state index contributed by atoms with van der Waals surface area (Å²) in [7, 11) is 0. The molecule has 6 heteroatoms. The maximum absolute atomic E-state index is 5.92. The van der Waals surface area contributed by atoms with Crippen molar-refractivity contribution in [1.29, 1.82) is 0 Å². The number of anilines is 1. The van der Waals surface area contributed by atoms with E-state index in [9.17, 15) is 0 Å². The first-order valence-electron chi connectivity index (χ1n) is 5.95. The smallest absolute Gasteiger partial charge is 0.223 e. The van der Waals surface area contributed by atoms with Crippen molar-refractivity contribution < 1.29 is 4.74 Å². The third-order valence-electron chi connectivity index (χ3n) is 2.80. The summed E-state index contributed by atoms with van der Waals surface area (Å²) in [6.07, 6.45) is 5.15. The zero-order chi connectivity index (χ0) is 13.9. The molecule has 0 radical (unpaired) electrons. The summed E-state index contributed by atoms with van der Waals surface area (Å²) in [5.41, 5.74) is 7.27. The topological polar surface area (TPSA) is 73.9 Å². The Morgan fingerprint density at radius 2 is 2.05 bits per heavy atom. The number of aromatic nitrogens is 3. The lowest BCUT2D eigenvalue weighted by atomic mass is 10.2. The van der Waals surface area contributed by atoms with Crippen LogP contribution in [0.15, 0.2) is 47.9 Å². The molecule has 0 saturated carbocycles. The monoisotopic (exact) mass is 284 g/mol. The van der Waals surface area contributed by atoms with Gasteiger partial charge in [0, 0.05) is 17.6 Å². The van der Waals surface area contributed by atoms with Gasteiger partial charge in [-0.2, -0.15) is 0 Å². The molecule has 20 heavy (non-hydrogen) atoms. The summed E-state index contributed by atoms with van der Waals surface area (Å²) >= 11 is 1.54. The molecular formula is C14H12N4OS. The molecule has 0 aliphatic heterocycles. The number of hydrogen-bond acceptors (Lipinski definition) is 6. The van der Waals surface area contributed by atoms with Crippen molar-refractivity contribution in [2.24, 2.45) is 0 Å². The molecule has 2 N–H and O–H groups in total. The predicted molar refractivity (Wildman–Crippen MR) is 80.0 cm³/mol. The number of pyridine rings is 1. The Hall–Kier alpha value is -2.34. The second-order valence-electron chi connectivity index (χ2n) is 4.05. The van der Waals surface area contributed by atoms with Crippen LogP contribution in [0.25, 0.3) is 10.9 Å². The fourth-order valence-corrected chi connectivity index (χ4v) is 2.23. The summed E-state index contributed by atoms with van der Waals surface area (Å²) in [5.74, 6) is 1.17. The number of rotatable bonds is 3. The quantitative estimate of drug-likeness (QED) is 0.452. The van der Waals surface area contributed by atoms with Gasteiger partial charge < -0.3 is 10.5 Å². The van der Waals surface area contributed by atoms with Crippen molar-refractivity contribution in [2.45, 2.75) is 5.03 Å². The fraction of sp³-hybridized carbons (Fsp3) is 0.0714. The van der Waals surface area contributed by atoms with Gasteiger partial charge in [0.25, 0.3) is 0 Å². The Morgan fingerprint density at radius 1 is 1.15 bits per heavy atom. The minimum absolute atomic E-state index is 0.499. The molecule has 0 amide bonds. The van der Waals surface area contributed by atoms with Gasteiger partial charge in [0.15, 0.2) is 0 Å². The van der Waals surface area contributed by atoms with Gasteiger partial charge in [-0.3, -0.25) is 4.98 Å². The van der Waals surface area contributed by atoms with E-state index in [1.807, 2.05) is 24.5 Å². The first-order chi connectivity index (χ1) is 9.78. The number of nitrogens with zero attached hydrogens (tertiary/aromatic N) is 3. The van der Waals surface area contributed by atoms with Gasteiger partial charge >= 0.3 is 0 Å². The highest BCUT2D eigenvalue weighted by atomic mass is 32.2. The van der Waals surface area contributed by atoms with Crippen molar-refractivity contribution in [1.82, 2.24) is 15.0 Å². The summed E-state index contributed by atoms with van der Waals surface area (Å²) in [6.45, 7) is 0. The zero-order valence-electron chi connectivity index (χ0n) is 10.8. The average molecular weight is 284 g/mol. The zero-order valence-corrected chi connectivity index (χ0v) is 11.6. The Bertz CT molecular complexity index is 763. The SMILES string of the molecule is CSc1cc(Oc2ccc(N)c3ncccc23)ncn1. The number of benzene rings is 1. The molecule has 0 bridgehead atoms. The molecule has 0 aliphatic carbocycles. The van der Waals surface area contributed by atoms with E-state index in [0.29, 0.717) is 17.3 Å². The number of ether oxygens (including phenoxy) is 1. The van der Waals surface area contributed by atoms with Crippen LogP contribution in [-0.2, 0) is 0 Å². The molecular weight excluding hydrogens is 272 g/mol. The van der Waals surface area contributed by atoms with Crippen molar-refractivity contribution in [2.75, 3.05) is 12.0 Å². The van der Waals surface area contributed by atoms with Gasteiger partial charge in [0.2, 0.25) is 5.88 Å². The van der Waals surface area contributed by atoms with Crippen molar-refractivity contribution >= 4 is 28.4 Å². The Balaban J connectivity index is 2.04. The van der Waals surface area contributed by atoms with E-state index in [4.69, 9.17) is 10.5 Å². The molecule has 0 aliphatic rings. The van der Waals surface area contributed by atoms with Crippen LogP contribution in [0.1, 0.15) is 0 Å². The fourth-order valence-electron chi connectivity index (χ4n) is 1.86. The average Bonchev–Trinajstić information content (AvgIpc) is 2.51. The summed E-state index contributed by atoms with van der Waals surface area (Å²) in [6, 6.07) is 9.16. The van der Waals surface area contributed by atoms with Gasteiger partial charge in [-0.05, 0) is 30.5 Å². The molecule has 2 aromatic heterocycles. The molecule has 5 nitrogen and oxygen atoms in total. The lowest BCUT2D eigenvalue weighted by Crippen LogP contribution is -1.94. The lowest BCUT2D eigenvalue weighted by Gasteiger charge is -2.09. The molecule has 0 fully saturated rings. The second-order valence-corrected chi connectivity index (χ2v) is 4.88. The molecule has 100 valence electrons. The van der Waals surface area contributed by atoms with Crippen LogP contribution in [0.4, 0.5) is 5.69 Å². The van der Waals surface area contributed by atoms with E-state index in [0.717, 1.165) is 15.9 Å². The number of hydrogen-bond donors (Lipinski definition) is 1. The number of nitrogens with two attached hydrogens (primary N) is 1. The molecule has 2 heterocycles. The van der Waals surface area contributed by atoms with Crippen LogP contribution >= 0.6 is 11.8 Å². The van der Waals surface area contributed by atoms with E-state index in [1.54, 1.807) is 18.3 Å². The van der Waals surface area contributed by atoms with Crippen molar-refractivity contribution in [3.63, 3.8) is 0 Å². The van der Waals surface area contributed by atoms with Gasteiger partial charge in [-0.15, -0.1) is 11.8 Å². The maximum Gasteiger partial charge on any atom is 0.223 e. The van der Waals surface area contributed by atoms with Crippen LogP contribution in [0.2, 0.25) is 0 Å². The van der Waals surface area contributed by atoms with Crippen LogP contribution in [0.3, 0.4) is 0 Å². The molecule has 1 aromatic carbocycles. The third kappa shape index (κ3) is 2.37. The standard InChI is InChI=1S/C14H12N4OS/c1-20-13-7-12(17-8-18-13)19-11-5-4-10(15)14-9(11)3-2-6-16-14/h2-8H,15H2,1H3. The predicted octanol–water partition coefficient (Wildman–Crippen LogP) is 3.12. The minimum atomic E-state index is 0.499. The highest BCUT2D eigenvalue weighted by Gasteiger charge is 2.08. The molecule has 3 aromatic rings. The highest BCUT2D eigenvalue weighted by Crippen LogP contribution is 2.31. The second kappa shape index (κ2) is 5.34. The maximum atomic E-state index is 5.92. The number of thioether (sulfide) groups is 1. The number of nitrogen functional groups attached to an aromatic ring is 1. The first kappa shape index (κ1) is 12.7. The van der Waals surface area contributed by atoms with E-state index in [1.165, 1.54) is 18.1 Å². The van der Waals surface area contributed by atoms with Gasteiger partial charge in [-0.1, -0.05) is 0 Å². The Labute approximate surface area is 120 Å². The normalized spacial score (nSPS) is 10.7. The molecule has 0 saturated heterocycles. The summed E-state index contributed by atoms with van der Waals surface area (Å²) in [5, 5.41) is 1.71. The third-order valence-corrected chi connectivity index (χ3v) is 3.44. The Kier molecular flexibility index (Phi) is 3.39. The molecule has 0 spiro atoms. The van der Waals surface area contributed by atoms with Crippen LogP contribution in [0, 0.1) is 0 Å². The van der Waals surface area contributed by atoms with E-state index >= 15 is 0 Å². The molecule has 0 unspecified atom stereocenters. The van der Waals surface area contributed by atoms with Crippen LogP contribution in [-0.4, -0.2) is 21.2 Å². The van der Waals surface area contributed by atoms with Crippen molar-refractivity contribution in [3.05, 3.63) is 42.9 Å². The minimum Gasteiger partial charge on any atom is -0.438 e. The van der Waals surface area contributed by atoms with Crippen LogP contribution in [0.5, 0.6) is 11.6 Å². The summed E-state index contributed by atoms with van der Waals surface area (Å²) < 4.78 is 5.83. The number of fused-ring (bicyclic) bond motifs is 1. The van der Waals surface area contributed by atoms with E-state index in [-0.39, 0.29) is 0 Å². The lowest BCUT2D eigenvalue weighted by molar-refractivity contribution is 0.464. The molecule has 0 atom stereocenters. The van der Waals surface area contributed by atoms with Gasteiger partial charge in [0.1, 0.15) is 17.1 Å². The van der Waals surface area contributed by atoms with Gasteiger partial charge in [0.05, 0.1) is 11.2 Å². The molecule has 3 rings (SSSR count). The largest absolute Gasteiger partial charge is 0.438 e.